The van der Waals surface area contributed by atoms with Crippen LogP contribution in [0.25, 0.3) is 17.0 Å². The number of ether oxygens (including phenoxy) is 3. The van der Waals surface area contributed by atoms with E-state index in [9.17, 15) is 9.59 Å². The summed E-state index contributed by atoms with van der Waals surface area (Å²) in [6, 6.07) is 20.2. The number of amides is 2. The smallest absolute Gasteiger partial charge is 0.270 e. The van der Waals surface area contributed by atoms with Gasteiger partial charge in [-0.2, -0.15) is 0 Å². The van der Waals surface area contributed by atoms with Gasteiger partial charge in [0.1, 0.15) is 12.3 Å². The van der Waals surface area contributed by atoms with Crippen molar-refractivity contribution in [1.82, 2.24) is 4.57 Å². The number of nitrogens with zero attached hydrogens (tertiary/aromatic N) is 2. The first kappa shape index (κ1) is 24.1. The van der Waals surface area contributed by atoms with Crippen LogP contribution >= 0.6 is 24.0 Å². The Labute approximate surface area is 227 Å². The average Bonchev–Trinajstić information content (AvgIpc) is 3.60. The first-order valence-electron chi connectivity index (χ1n) is 11.7. The van der Waals surface area contributed by atoms with E-state index in [4.69, 9.17) is 26.4 Å². The molecule has 3 heterocycles. The molecule has 1 N–H and O–H groups in total. The summed E-state index contributed by atoms with van der Waals surface area (Å²) >= 11 is 6.78. The number of carbonyl (C=O) groups is 2. The van der Waals surface area contributed by atoms with Crippen LogP contribution in [-0.2, 0) is 16.1 Å². The number of para-hydroxylation sites is 1. The fraction of sp³-hybridized carbons (Fsp3) is 0.107. The normalized spacial score (nSPS) is 15.5. The van der Waals surface area contributed by atoms with Gasteiger partial charge in [-0.3, -0.25) is 14.5 Å². The Balaban J connectivity index is 1.25. The molecule has 1 saturated heterocycles. The molecule has 0 saturated carbocycles. The van der Waals surface area contributed by atoms with Gasteiger partial charge in [-0.1, -0.05) is 42.2 Å². The van der Waals surface area contributed by atoms with Gasteiger partial charge in [-0.15, -0.1) is 0 Å². The summed E-state index contributed by atoms with van der Waals surface area (Å²) in [6.07, 6.45) is 3.71. The summed E-state index contributed by atoms with van der Waals surface area (Å²) in [5.41, 5.74) is 3.01. The molecule has 8 nitrogen and oxygen atoms in total. The van der Waals surface area contributed by atoms with Gasteiger partial charge in [0.05, 0.1) is 17.7 Å². The molecule has 190 valence electrons. The second-order valence-electron chi connectivity index (χ2n) is 8.56. The van der Waals surface area contributed by atoms with Crippen molar-refractivity contribution < 1.29 is 23.8 Å². The van der Waals surface area contributed by atoms with E-state index in [2.05, 4.69) is 5.32 Å². The highest BCUT2D eigenvalue weighted by Gasteiger charge is 2.33. The van der Waals surface area contributed by atoms with Crippen molar-refractivity contribution in [1.29, 1.82) is 0 Å². The third-order valence-corrected chi connectivity index (χ3v) is 7.50. The van der Waals surface area contributed by atoms with Gasteiger partial charge in [0.15, 0.2) is 15.8 Å². The third kappa shape index (κ3) is 4.48. The molecular weight excluding hydrogens is 522 g/mol. The molecule has 0 unspecified atom stereocenters. The standard InChI is InChI=1S/C28H21N3O5S2/c1-34-20-9-7-19(8-10-20)31-27(33)25(38-28(31)37)12-17-14-30(22-5-3-2-4-21(17)22)15-26(32)29-18-6-11-23-24(13-18)36-16-35-23/h2-14H,15-16H2,1H3,(H,29,32)/b25-12+. The highest BCUT2D eigenvalue weighted by molar-refractivity contribution is 8.27. The van der Waals surface area contributed by atoms with E-state index in [1.165, 1.54) is 16.7 Å². The topological polar surface area (TPSA) is 82.0 Å². The first-order valence-corrected chi connectivity index (χ1v) is 12.9. The summed E-state index contributed by atoms with van der Waals surface area (Å²) < 4.78 is 18.3. The lowest BCUT2D eigenvalue weighted by Gasteiger charge is -2.14. The van der Waals surface area contributed by atoms with Crippen LogP contribution in [0.4, 0.5) is 11.4 Å². The van der Waals surface area contributed by atoms with E-state index in [-0.39, 0.29) is 25.2 Å². The number of thioether (sulfide) groups is 1. The summed E-state index contributed by atoms with van der Waals surface area (Å²) in [5, 5.41) is 3.84. The van der Waals surface area contributed by atoms with Crippen molar-refractivity contribution in [3.05, 3.63) is 83.4 Å². The number of methoxy groups -OCH3 is 1. The van der Waals surface area contributed by atoms with Crippen LogP contribution in [0.1, 0.15) is 5.56 Å². The van der Waals surface area contributed by atoms with E-state index in [0.717, 1.165) is 16.5 Å². The van der Waals surface area contributed by atoms with Gasteiger partial charge in [-0.25, -0.2) is 0 Å². The molecule has 38 heavy (non-hydrogen) atoms. The Hall–Kier alpha value is -4.28. The van der Waals surface area contributed by atoms with Crippen molar-refractivity contribution in [2.75, 3.05) is 24.1 Å². The Kier molecular flexibility index (Phi) is 6.26. The maximum Gasteiger partial charge on any atom is 0.270 e. The van der Waals surface area contributed by atoms with Crippen LogP contribution in [-0.4, -0.2) is 34.6 Å². The number of nitrogens with one attached hydrogen (secondary N) is 1. The summed E-state index contributed by atoms with van der Waals surface area (Å²) in [7, 11) is 1.59. The Morgan fingerprint density at radius 1 is 1.11 bits per heavy atom. The minimum Gasteiger partial charge on any atom is -0.497 e. The molecule has 6 rings (SSSR count). The molecule has 0 aliphatic carbocycles. The molecule has 2 aliphatic heterocycles. The molecule has 0 bridgehead atoms. The lowest BCUT2D eigenvalue weighted by Crippen LogP contribution is -2.27. The van der Waals surface area contributed by atoms with Crippen LogP contribution in [0.5, 0.6) is 17.2 Å². The molecule has 10 heteroatoms. The molecule has 3 aromatic carbocycles. The van der Waals surface area contributed by atoms with E-state index in [0.29, 0.717) is 37.8 Å². The second kappa shape index (κ2) is 9.88. The molecular formula is C28H21N3O5S2. The van der Waals surface area contributed by atoms with Gasteiger partial charge in [0, 0.05) is 34.4 Å². The molecule has 4 aromatic rings. The van der Waals surface area contributed by atoms with Crippen LogP contribution in [0.3, 0.4) is 0 Å². The van der Waals surface area contributed by atoms with Gasteiger partial charge in [-0.05, 0) is 48.5 Å². The number of hydrogen-bond donors (Lipinski definition) is 1. The molecule has 2 aliphatic rings. The van der Waals surface area contributed by atoms with Gasteiger partial charge < -0.3 is 24.1 Å². The highest BCUT2D eigenvalue weighted by Crippen LogP contribution is 2.38. The zero-order valence-electron chi connectivity index (χ0n) is 20.2. The number of thiocarbonyl (C=S) groups is 1. The number of anilines is 2. The quantitative estimate of drug-likeness (QED) is 0.257. The lowest BCUT2D eigenvalue weighted by molar-refractivity contribution is -0.116. The maximum atomic E-state index is 13.3. The fourth-order valence-corrected chi connectivity index (χ4v) is 5.70. The summed E-state index contributed by atoms with van der Waals surface area (Å²) in [4.78, 5) is 28.2. The van der Waals surface area contributed by atoms with Gasteiger partial charge in [0.2, 0.25) is 12.7 Å². The molecule has 2 amide bonds. The second-order valence-corrected chi connectivity index (χ2v) is 10.2. The van der Waals surface area contributed by atoms with E-state index in [1.54, 1.807) is 49.6 Å². The van der Waals surface area contributed by atoms with Crippen LogP contribution in [0, 0.1) is 0 Å². The molecule has 1 aromatic heterocycles. The Morgan fingerprint density at radius 2 is 1.89 bits per heavy atom. The zero-order chi connectivity index (χ0) is 26.2. The Morgan fingerprint density at radius 3 is 2.71 bits per heavy atom. The predicted octanol–water partition coefficient (Wildman–Crippen LogP) is 5.42. The van der Waals surface area contributed by atoms with E-state index in [1.807, 2.05) is 41.1 Å². The van der Waals surface area contributed by atoms with Crippen molar-refractivity contribution in [3.63, 3.8) is 0 Å². The molecule has 0 radical (unpaired) electrons. The highest BCUT2D eigenvalue weighted by atomic mass is 32.2. The molecule has 1 fully saturated rings. The van der Waals surface area contributed by atoms with Crippen molar-refractivity contribution in [2.45, 2.75) is 6.54 Å². The third-order valence-electron chi connectivity index (χ3n) is 6.20. The number of carbonyl (C=O) groups excluding carboxylic acids is 2. The minimum atomic E-state index is -0.193. The van der Waals surface area contributed by atoms with Crippen LogP contribution in [0.2, 0.25) is 0 Å². The Bertz CT molecular complexity index is 1630. The summed E-state index contributed by atoms with van der Waals surface area (Å²) in [5.74, 6) is 1.57. The predicted molar refractivity (Wildman–Crippen MR) is 152 cm³/mol. The van der Waals surface area contributed by atoms with Gasteiger partial charge >= 0.3 is 0 Å². The minimum absolute atomic E-state index is 0.0929. The number of rotatable bonds is 6. The fourth-order valence-electron chi connectivity index (χ4n) is 4.41. The van der Waals surface area contributed by atoms with Crippen molar-refractivity contribution >= 4 is 68.5 Å². The van der Waals surface area contributed by atoms with Gasteiger partial charge in [0.25, 0.3) is 5.91 Å². The van der Waals surface area contributed by atoms with E-state index < -0.39 is 0 Å². The number of aromatic nitrogens is 1. The largest absolute Gasteiger partial charge is 0.497 e. The van der Waals surface area contributed by atoms with Crippen molar-refractivity contribution in [3.8, 4) is 17.2 Å². The zero-order valence-corrected chi connectivity index (χ0v) is 21.8. The first-order chi connectivity index (χ1) is 18.5. The van der Waals surface area contributed by atoms with Crippen LogP contribution < -0.4 is 24.4 Å². The van der Waals surface area contributed by atoms with Crippen molar-refractivity contribution in [2.24, 2.45) is 0 Å². The van der Waals surface area contributed by atoms with Crippen LogP contribution in [0.15, 0.2) is 77.8 Å². The molecule has 0 atom stereocenters. The number of fused-ring (bicyclic) bond motifs is 2. The SMILES string of the molecule is COc1ccc(N2C(=O)/C(=C\c3cn(CC(=O)Nc4ccc5c(c4)OCO5)c4ccccc34)SC2=S)cc1. The monoisotopic (exact) mass is 543 g/mol. The molecule has 0 spiro atoms. The number of hydrogen-bond acceptors (Lipinski definition) is 7. The van der Waals surface area contributed by atoms with E-state index >= 15 is 0 Å². The number of benzene rings is 3. The maximum absolute atomic E-state index is 13.3. The lowest BCUT2D eigenvalue weighted by atomic mass is 10.1. The average molecular weight is 544 g/mol. The summed E-state index contributed by atoms with van der Waals surface area (Å²) in [6.45, 7) is 0.263.